The second-order valence-corrected chi connectivity index (χ2v) is 25.5. The van der Waals surface area contributed by atoms with Gasteiger partial charge >= 0.3 is 0 Å². The molecule has 27 nitrogen and oxygen atoms in total. The summed E-state index contributed by atoms with van der Waals surface area (Å²) in [6.07, 6.45) is 0.903. The van der Waals surface area contributed by atoms with E-state index in [1.807, 2.05) is 0 Å². The number of fused-ring (bicyclic) bond motifs is 4. The minimum Gasteiger partial charge on any atom is -0.505 e. The maximum atomic E-state index is 13.6. The quantitative estimate of drug-likeness (QED) is 0.0232. The van der Waals surface area contributed by atoms with E-state index in [9.17, 15) is 66.0 Å². The second kappa shape index (κ2) is 21.5. The highest BCUT2D eigenvalue weighted by Crippen LogP contribution is 2.48. The van der Waals surface area contributed by atoms with E-state index in [2.05, 4.69) is 56.1 Å². The van der Waals surface area contributed by atoms with Crippen molar-refractivity contribution in [2.75, 3.05) is 34.0 Å². The van der Waals surface area contributed by atoms with Gasteiger partial charge in [-0.2, -0.15) is 48.6 Å². The van der Waals surface area contributed by atoms with Crippen molar-refractivity contribution in [3.63, 3.8) is 0 Å². The minimum atomic E-state index is -5.32. The fraction of sp³-hybridized carbons (Fsp3) is 0.0392. The van der Waals surface area contributed by atoms with Gasteiger partial charge < -0.3 is 26.2 Å². The zero-order chi connectivity index (χ0) is 59.4. The highest BCUT2D eigenvalue weighted by Gasteiger charge is 2.29. The Labute approximate surface area is 470 Å². The molecule has 1 aromatic heterocycles. The highest BCUT2D eigenvalue weighted by atomic mass is 32.2. The van der Waals surface area contributed by atoms with Gasteiger partial charge in [0, 0.05) is 27.2 Å². The second-order valence-electron chi connectivity index (χ2n) is 17.9. The van der Waals surface area contributed by atoms with Crippen LogP contribution in [0.15, 0.2) is 186 Å². The molecule has 0 aliphatic rings. The summed E-state index contributed by atoms with van der Waals surface area (Å²) in [7, 11) is -23.5. The number of anilines is 7. The molecule has 0 unspecified atom stereocenters. The summed E-state index contributed by atoms with van der Waals surface area (Å²) in [5, 5.41) is 50.1. The van der Waals surface area contributed by atoms with Crippen LogP contribution in [0.3, 0.4) is 0 Å². The lowest BCUT2D eigenvalue weighted by molar-refractivity contribution is 0.397. The number of rotatable bonds is 17. The van der Waals surface area contributed by atoms with Crippen molar-refractivity contribution in [2.24, 2.45) is 20.5 Å². The van der Waals surface area contributed by atoms with Gasteiger partial charge in [0.1, 0.15) is 21.2 Å². The average molecular weight is 1220 g/mol. The Bertz CT molecular complexity index is 5030. The minimum absolute atomic E-state index is 0.0529. The van der Waals surface area contributed by atoms with Gasteiger partial charge in [-0.05, 0) is 88.3 Å². The third-order valence-corrected chi connectivity index (χ3v) is 16.6. The largest absolute Gasteiger partial charge is 0.505 e. The molecule has 83 heavy (non-hydrogen) atoms. The first-order valence-corrected chi connectivity index (χ1v) is 31.1. The standard InChI is InChI=1S/C51H39N11O16S5/c1-78-83(76,77)42-23-30-21-34(81(70,71)72)26-40(44(30)48(64)46(42)61-59-38-19-8-13-28-11-4-6-17-36(28)38)54-51-56-49(52-31-14-9-15-32(24-31)62-79(2,65)66)55-50(57-51)53-39-25-33(80(67,68)69)20-29-22-41(82(73,74)75)45(47(63)43(29)39)60-58-37-18-7-12-27-10-3-5-16-35(27)37/h3-26,62-64H,1-2H3,(H,67,68,69)(H,70,71,72)(H,73,74,75)(H3,52,53,54,55,56,57). The Morgan fingerprint density at radius 3 is 1.33 bits per heavy atom. The summed E-state index contributed by atoms with van der Waals surface area (Å²) in [5.74, 6) is -3.68. The molecular weight excluding hydrogens is 1180 g/mol. The monoisotopic (exact) mass is 1220 g/mol. The van der Waals surface area contributed by atoms with Gasteiger partial charge in [-0.3, -0.25) is 22.6 Å². The topological polar surface area (TPSA) is 417 Å². The first-order chi connectivity index (χ1) is 39.1. The molecule has 0 radical (unpaired) electrons. The van der Waals surface area contributed by atoms with Crippen LogP contribution >= 0.6 is 0 Å². The summed E-state index contributed by atoms with van der Waals surface area (Å²) < 4.78 is 167. The molecule has 0 bridgehead atoms. The number of hydrogen-bond acceptors (Lipinski definition) is 23. The lowest BCUT2D eigenvalue weighted by Crippen LogP contribution is -2.10. The van der Waals surface area contributed by atoms with Gasteiger partial charge in [0.25, 0.3) is 40.5 Å². The van der Waals surface area contributed by atoms with Crippen LogP contribution in [-0.2, 0) is 54.7 Å². The highest BCUT2D eigenvalue weighted by molar-refractivity contribution is 7.92. The zero-order valence-corrected chi connectivity index (χ0v) is 46.3. The average Bonchev–Trinajstić information content (AvgIpc) is 2.14. The molecule has 9 aromatic carbocycles. The number of benzene rings is 9. The van der Waals surface area contributed by atoms with Crippen molar-refractivity contribution < 1.29 is 70.1 Å². The number of sulfonamides is 1. The first-order valence-electron chi connectivity index (χ1n) is 23.5. The molecule has 32 heteroatoms. The number of hydrogen-bond donors (Lipinski definition) is 9. The van der Waals surface area contributed by atoms with Crippen LogP contribution in [-0.4, -0.2) is 94.3 Å². The van der Waals surface area contributed by atoms with Crippen LogP contribution in [0.25, 0.3) is 43.1 Å². The number of azo groups is 2. The Hall–Kier alpha value is -9.38. The van der Waals surface area contributed by atoms with Crippen molar-refractivity contribution in [2.45, 2.75) is 19.6 Å². The summed E-state index contributed by atoms with van der Waals surface area (Å²) in [6, 6.07) is 34.2. The van der Waals surface area contributed by atoms with E-state index in [0.717, 1.165) is 55.1 Å². The molecule has 1 heterocycles. The maximum absolute atomic E-state index is 13.6. The smallest absolute Gasteiger partial charge is 0.299 e. The Kier molecular flexibility index (Phi) is 14.7. The fourth-order valence-electron chi connectivity index (χ4n) is 8.67. The fourth-order valence-corrected chi connectivity index (χ4v) is 11.8. The van der Waals surface area contributed by atoms with Gasteiger partial charge in [0.15, 0.2) is 11.5 Å². The van der Waals surface area contributed by atoms with Crippen LogP contribution in [0.4, 0.5) is 63.3 Å². The normalized spacial score (nSPS) is 12.7. The molecule has 0 aliphatic carbocycles. The molecule has 10 rings (SSSR count). The van der Waals surface area contributed by atoms with E-state index >= 15 is 0 Å². The van der Waals surface area contributed by atoms with Crippen LogP contribution < -0.4 is 20.7 Å². The van der Waals surface area contributed by atoms with Crippen LogP contribution in [0.5, 0.6) is 11.5 Å². The maximum Gasteiger partial charge on any atom is 0.299 e. The lowest BCUT2D eigenvalue weighted by Gasteiger charge is -2.17. The molecule has 10 aromatic rings. The Balaban J connectivity index is 1.18. The third-order valence-electron chi connectivity index (χ3n) is 12.2. The molecular formula is C51H39N11O16S5. The van der Waals surface area contributed by atoms with Crippen LogP contribution in [0.1, 0.15) is 0 Å². The summed E-state index contributed by atoms with van der Waals surface area (Å²) >= 11 is 0. The van der Waals surface area contributed by atoms with Crippen molar-refractivity contribution in [3.05, 3.63) is 146 Å². The van der Waals surface area contributed by atoms with E-state index in [-0.39, 0.29) is 33.5 Å². The van der Waals surface area contributed by atoms with Crippen molar-refractivity contribution in [3.8, 4) is 11.5 Å². The number of aromatic nitrogens is 3. The molecule has 0 aliphatic heterocycles. The molecule has 0 saturated carbocycles. The van der Waals surface area contributed by atoms with E-state index in [4.69, 9.17) is 4.18 Å². The number of phenolic OH excluding ortho intramolecular Hbond substituents is 2. The van der Waals surface area contributed by atoms with E-state index in [1.165, 1.54) is 30.3 Å². The van der Waals surface area contributed by atoms with Gasteiger partial charge in [-0.1, -0.05) is 78.9 Å². The summed E-state index contributed by atoms with van der Waals surface area (Å²) in [6.45, 7) is 0. The molecule has 0 fully saturated rings. The molecule has 0 spiro atoms. The summed E-state index contributed by atoms with van der Waals surface area (Å²) in [5.41, 5.74) is -1.97. The predicted octanol–water partition coefficient (Wildman–Crippen LogP) is 10.4. The molecule has 9 N–H and O–H groups in total. The van der Waals surface area contributed by atoms with E-state index in [0.29, 0.717) is 16.2 Å². The Morgan fingerprint density at radius 1 is 0.446 bits per heavy atom. The number of nitrogens with zero attached hydrogens (tertiary/aromatic N) is 7. The van der Waals surface area contributed by atoms with Crippen molar-refractivity contribution in [1.82, 2.24) is 15.0 Å². The number of aromatic hydroxyl groups is 2. The van der Waals surface area contributed by atoms with Gasteiger partial charge in [0.05, 0.1) is 51.6 Å². The van der Waals surface area contributed by atoms with E-state index in [1.54, 1.807) is 78.9 Å². The van der Waals surface area contributed by atoms with Crippen molar-refractivity contribution in [1.29, 1.82) is 0 Å². The molecule has 424 valence electrons. The van der Waals surface area contributed by atoms with Gasteiger partial charge in [0.2, 0.25) is 27.9 Å². The molecule has 0 amide bonds. The predicted molar refractivity (Wildman–Crippen MR) is 306 cm³/mol. The van der Waals surface area contributed by atoms with Gasteiger partial charge in [-0.15, -0.1) is 20.5 Å². The zero-order valence-electron chi connectivity index (χ0n) is 42.3. The molecule has 0 saturated heterocycles. The number of nitrogens with one attached hydrogen (secondary N) is 4. The first kappa shape index (κ1) is 56.9. The van der Waals surface area contributed by atoms with Crippen LogP contribution in [0, 0.1) is 0 Å². The van der Waals surface area contributed by atoms with E-state index < -0.39 is 133 Å². The van der Waals surface area contributed by atoms with Crippen LogP contribution in [0.2, 0.25) is 0 Å². The molecule has 0 atom stereocenters. The SMILES string of the molecule is COS(=O)(=O)c1cc2cc(S(=O)(=O)O)cc(Nc3nc(Nc4cccc(NS(C)(=O)=O)c4)nc(Nc4cc(S(=O)(=O)O)cc5cc(S(=O)(=O)O)c(N=Nc6cccc7ccccc67)c(O)c45)n3)c2c(O)c1N=Nc1cccc2ccccc12. The Morgan fingerprint density at radius 2 is 0.867 bits per heavy atom. The number of phenols is 2. The lowest BCUT2D eigenvalue weighted by atomic mass is 10.1. The van der Waals surface area contributed by atoms with Gasteiger partial charge in [-0.25, -0.2) is 8.42 Å². The third kappa shape index (κ3) is 12.2. The summed E-state index contributed by atoms with van der Waals surface area (Å²) in [4.78, 5) is 9.48. The van der Waals surface area contributed by atoms with Crippen molar-refractivity contribution >= 4 is 157 Å².